The number of para-hydroxylation sites is 2. The Bertz CT molecular complexity index is 1060. The van der Waals surface area contributed by atoms with Gasteiger partial charge in [0.2, 0.25) is 0 Å². The van der Waals surface area contributed by atoms with E-state index in [0.29, 0.717) is 18.0 Å². The number of ether oxygens (including phenoxy) is 2. The van der Waals surface area contributed by atoms with E-state index in [2.05, 4.69) is 83.6 Å². The van der Waals surface area contributed by atoms with Crippen molar-refractivity contribution in [3.63, 3.8) is 0 Å². The van der Waals surface area contributed by atoms with E-state index in [9.17, 15) is 0 Å². The third-order valence-corrected chi connectivity index (χ3v) is 7.69. The molecule has 3 aliphatic rings. The van der Waals surface area contributed by atoms with Gasteiger partial charge in [0.25, 0.3) is 0 Å². The Balaban J connectivity index is 1.63. The summed E-state index contributed by atoms with van der Waals surface area (Å²) in [5.41, 5.74) is 3.85. The number of likely N-dealkylation sites (N-methyl/N-ethyl adjacent to an activating group) is 1. The molecule has 4 heteroatoms. The topological polar surface area (TPSA) is 24.9 Å². The molecule has 3 aromatic rings. The Morgan fingerprint density at radius 2 is 1.52 bits per heavy atom. The van der Waals surface area contributed by atoms with E-state index in [1.165, 1.54) is 42.7 Å². The van der Waals surface area contributed by atoms with Crippen LogP contribution in [0, 0.1) is 5.92 Å². The summed E-state index contributed by atoms with van der Waals surface area (Å²) < 4.78 is 11.4. The molecule has 0 aromatic heterocycles. The summed E-state index contributed by atoms with van der Waals surface area (Å²) in [6.45, 7) is 2.33. The zero-order chi connectivity index (χ0) is 22.8. The van der Waals surface area contributed by atoms with Crippen LogP contribution in [0.25, 0.3) is 0 Å². The molecule has 3 aromatic carbocycles. The molecule has 0 amide bonds. The van der Waals surface area contributed by atoms with Gasteiger partial charge in [-0.05, 0) is 67.2 Å². The average Bonchev–Trinajstić information content (AvgIpc) is 2.90. The number of hydrogen-bond donors (Lipinski definition) is 0. The number of nitrogens with zero attached hydrogens (tertiary/aromatic N) is 2. The van der Waals surface area contributed by atoms with Gasteiger partial charge in [-0.3, -0.25) is 4.90 Å². The minimum atomic E-state index is 0.256. The third-order valence-electron chi connectivity index (χ3n) is 7.69. The molecule has 3 saturated heterocycles. The van der Waals surface area contributed by atoms with Crippen LogP contribution in [0.2, 0.25) is 0 Å². The van der Waals surface area contributed by atoms with Gasteiger partial charge in [0.1, 0.15) is 11.5 Å². The van der Waals surface area contributed by atoms with Crippen molar-refractivity contribution in [1.29, 1.82) is 0 Å². The van der Waals surface area contributed by atoms with Gasteiger partial charge in [0.05, 0.1) is 19.9 Å². The number of benzene rings is 3. The second kappa shape index (κ2) is 9.48. The van der Waals surface area contributed by atoms with Crippen LogP contribution >= 0.6 is 0 Å². The van der Waals surface area contributed by atoms with Crippen LogP contribution < -0.4 is 14.4 Å². The van der Waals surface area contributed by atoms with Crippen molar-refractivity contribution in [3.05, 3.63) is 90.0 Å². The number of rotatable bonds is 7. The molecule has 0 spiro atoms. The summed E-state index contributed by atoms with van der Waals surface area (Å²) in [6.07, 6.45) is 2.50. The summed E-state index contributed by atoms with van der Waals surface area (Å²) in [7, 11) is 5.77. The molecular weight excluding hydrogens is 408 g/mol. The standard InChI is InChI=1S/C29H34N2O2/c1-30(25-14-7-8-15-26(25)33-3)28-22-16-18-31(19-17-22)29(28)27(21-10-5-4-6-11-21)23-12-9-13-24(20-23)32-2/h4-15,20,22,27-29H,16-19H2,1-3H3. The molecule has 172 valence electrons. The second-order valence-corrected chi connectivity index (χ2v) is 9.30. The molecule has 6 rings (SSSR count). The van der Waals surface area contributed by atoms with E-state index in [1.54, 1.807) is 14.2 Å². The monoisotopic (exact) mass is 442 g/mol. The maximum atomic E-state index is 5.76. The summed E-state index contributed by atoms with van der Waals surface area (Å²) in [5.74, 6) is 2.77. The first-order valence-corrected chi connectivity index (χ1v) is 12.0. The van der Waals surface area contributed by atoms with Gasteiger partial charge in [-0.2, -0.15) is 0 Å². The number of hydrogen-bond acceptors (Lipinski definition) is 4. The predicted molar refractivity (Wildman–Crippen MR) is 135 cm³/mol. The van der Waals surface area contributed by atoms with Crippen LogP contribution in [0.1, 0.15) is 29.9 Å². The highest BCUT2D eigenvalue weighted by Gasteiger charge is 2.48. The van der Waals surface area contributed by atoms with Crippen molar-refractivity contribution in [1.82, 2.24) is 4.90 Å². The number of methoxy groups -OCH3 is 2. The normalized spacial score (nSPS) is 24.8. The lowest BCUT2D eigenvalue weighted by Crippen LogP contribution is -2.65. The van der Waals surface area contributed by atoms with Crippen molar-refractivity contribution in [2.45, 2.75) is 30.8 Å². The minimum Gasteiger partial charge on any atom is -0.497 e. The maximum absolute atomic E-state index is 5.76. The van der Waals surface area contributed by atoms with Crippen molar-refractivity contribution < 1.29 is 9.47 Å². The summed E-state index contributed by atoms with van der Waals surface area (Å²) in [4.78, 5) is 5.23. The fraction of sp³-hybridized carbons (Fsp3) is 0.379. The van der Waals surface area contributed by atoms with Crippen LogP contribution in [0.5, 0.6) is 11.5 Å². The number of piperidine rings is 3. The third kappa shape index (κ3) is 4.08. The van der Waals surface area contributed by atoms with E-state index in [-0.39, 0.29) is 5.92 Å². The lowest BCUT2D eigenvalue weighted by molar-refractivity contribution is 0.0185. The van der Waals surface area contributed by atoms with Crippen LogP contribution in [-0.2, 0) is 0 Å². The minimum absolute atomic E-state index is 0.256. The van der Waals surface area contributed by atoms with Crippen molar-refractivity contribution in [2.24, 2.45) is 5.92 Å². The Morgan fingerprint density at radius 3 is 2.24 bits per heavy atom. The number of fused-ring (bicyclic) bond motifs is 3. The SMILES string of the molecule is COc1cccc(C(c2ccccc2)C2C(N(C)c3ccccc3OC)C3CCN2CC3)c1. The Kier molecular flexibility index (Phi) is 6.28. The van der Waals surface area contributed by atoms with Gasteiger partial charge in [0, 0.05) is 25.0 Å². The van der Waals surface area contributed by atoms with Crippen LogP contribution in [0.3, 0.4) is 0 Å². The molecule has 0 N–H and O–H groups in total. The van der Waals surface area contributed by atoms with Gasteiger partial charge < -0.3 is 14.4 Å². The fourth-order valence-corrected chi connectivity index (χ4v) is 6.17. The van der Waals surface area contributed by atoms with Crippen LogP contribution in [-0.4, -0.2) is 51.3 Å². The van der Waals surface area contributed by atoms with E-state index in [4.69, 9.17) is 9.47 Å². The first-order chi connectivity index (χ1) is 16.2. The fourth-order valence-electron chi connectivity index (χ4n) is 6.17. The van der Waals surface area contributed by atoms with Crippen LogP contribution in [0.15, 0.2) is 78.9 Å². The zero-order valence-corrected chi connectivity index (χ0v) is 19.9. The average molecular weight is 443 g/mol. The van der Waals surface area contributed by atoms with Crippen molar-refractivity contribution >= 4 is 5.69 Å². The van der Waals surface area contributed by atoms with Gasteiger partial charge in [-0.1, -0.05) is 54.6 Å². The molecule has 3 unspecified atom stereocenters. The van der Waals surface area contributed by atoms with E-state index >= 15 is 0 Å². The molecule has 3 aliphatic heterocycles. The second-order valence-electron chi connectivity index (χ2n) is 9.30. The molecular formula is C29H34N2O2. The van der Waals surface area contributed by atoms with E-state index < -0.39 is 0 Å². The van der Waals surface area contributed by atoms with Gasteiger partial charge in [-0.25, -0.2) is 0 Å². The lowest BCUT2D eigenvalue weighted by Gasteiger charge is -2.56. The van der Waals surface area contributed by atoms with E-state index in [0.717, 1.165) is 11.5 Å². The molecule has 2 bridgehead atoms. The molecule has 4 nitrogen and oxygen atoms in total. The molecule has 3 atom stereocenters. The first kappa shape index (κ1) is 21.8. The molecule has 33 heavy (non-hydrogen) atoms. The summed E-state index contributed by atoms with van der Waals surface area (Å²) in [5, 5.41) is 0. The van der Waals surface area contributed by atoms with Crippen molar-refractivity contribution in [2.75, 3.05) is 39.3 Å². The summed E-state index contributed by atoms with van der Waals surface area (Å²) >= 11 is 0. The molecule has 0 aliphatic carbocycles. The molecule has 0 radical (unpaired) electrons. The predicted octanol–water partition coefficient (Wildman–Crippen LogP) is 5.43. The van der Waals surface area contributed by atoms with Gasteiger partial charge in [0.15, 0.2) is 0 Å². The highest BCUT2D eigenvalue weighted by atomic mass is 16.5. The lowest BCUT2D eigenvalue weighted by atomic mass is 9.70. The van der Waals surface area contributed by atoms with Gasteiger partial charge in [-0.15, -0.1) is 0 Å². The largest absolute Gasteiger partial charge is 0.497 e. The quantitative estimate of drug-likeness (QED) is 0.487. The zero-order valence-electron chi connectivity index (χ0n) is 19.9. The van der Waals surface area contributed by atoms with Gasteiger partial charge >= 0.3 is 0 Å². The maximum Gasteiger partial charge on any atom is 0.142 e. The molecule has 3 fully saturated rings. The van der Waals surface area contributed by atoms with Crippen LogP contribution in [0.4, 0.5) is 5.69 Å². The smallest absolute Gasteiger partial charge is 0.142 e. The molecule has 0 saturated carbocycles. The number of anilines is 1. The van der Waals surface area contributed by atoms with Crippen molar-refractivity contribution in [3.8, 4) is 11.5 Å². The van der Waals surface area contributed by atoms with E-state index in [1.807, 2.05) is 12.1 Å². The summed E-state index contributed by atoms with van der Waals surface area (Å²) in [6, 6.07) is 28.8. The Hall–Kier alpha value is -2.98. The highest BCUT2D eigenvalue weighted by Crippen LogP contribution is 2.46. The highest BCUT2D eigenvalue weighted by molar-refractivity contribution is 5.59. The first-order valence-electron chi connectivity index (χ1n) is 12.0. The Labute approximate surface area is 197 Å². The molecule has 3 heterocycles. The Morgan fingerprint density at radius 1 is 0.818 bits per heavy atom.